The van der Waals surface area contributed by atoms with Crippen LogP contribution in [0.1, 0.15) is 57.8 Å². The minimum atomic E-state index is -0.404. The van der Waals surface area contributed by atoms with E-state index in [2.05, 4.69) is 0 Å². The lowest BCUT2D eigenvalue weighted by atomic mass is 9.92. The van der Waals surface area contributed by atoms with Crippen LogP contribution in [0.15, 0.2) is 84.9 Å². The number of aliphatic hydroxyl groups is 1. The minimum Gasteiger partial charge on any atom is -0.493 e. The summed E-state index contributed by atoms with van der Waals surface area (Å²) in [5, 5.41) is 9.49. The fraction of sp³-hybridized carbons (Fsp3) is 0.351. The predicted octanol–water partition coefficient (Wildman–Crippen LogP) is 10.2. The van der Waals surface area contributed by atoms with E-state index in [1.807, 2.05) is 0 Å². The third-order valence-electron chi connectivity index (χ3n) is 7.78. The smallest absolute Gasteiger partial charge is 0.134 e. The summed E-state index contributed by atoms with van der Waals surface area (Å²) in [7, 11) is 0. The van der Waals surface area contributed by atoms with Gasteiger partial charge in [0.05, 0.1) is 13.2 Å². The zero-order valence-corrected chi connectivity index (χ0v) is 24.9. The normalized spacial score (nSPS) is 11.2. The molecule has 44 heavy (non-hydrogen) atoms. The molecule has 0 radical (unpaired) electrons. The van der Waals surface area contributed by atoms with Gasteiger partial charge in [0, 0.05) is 29.9 Å². The van der Waals surface area contributed by atoms with Gasteiger partial charge < -0.3 is 14.6 Å². The summed E-state index contributed by atoms with van der Waals surface area (Å²) in [6.07, 6.45) is 8.63. The molecule has 4 aromatic rings. The molecular formula is C37H40F4O3. The Morgan fingerprint density at radius 2 is 0.932 bits per heavy atom. The lowest BCUT2D eigenvalue weighted by molar-refractivity contribution is 0.237. The molecule has 0 bridgehead atoms. The molecule has 0 saturated heterocycles. The molecule has 0 spiro atoms. The largest absolute Gasteiger partial charge is 0.493 e. The second kappa shape index (κ2) is 17.5. The zero-order chi connectivity index (χ0) is 31.1. The van der Waals surface area contributed by atoms with E-state index in [9.17, 15) is 22.7 Å². The minimum absolute atomic E-state index is 0.176. The van der Waals surface area contributed by atoms with Gasteiger partial charge in [0.25, 0.3) is 0 Å². The highest BCUT2D eigenvalue weighted by atomic mass is 19.1. The van der Waals surface area contributed by atoms with Crippen molar-refractivity contribution in [1.82, 2.24) is 0 Å². The molecule has 0 heterocycles. The number of aliphatic hydroxyl groups excluding tert-OH is 1. The van der Waals surface area contributed by atoms with E-state index in [0.29, 0.717) is 52.9 Å². The summed E-state index contributed by atoms with van der Waals surface area (Å²) in [5.41, 5.74) is 2.04. The van der Waals surface area contributed by atoms with Gasteiger partial charge in [-0.1, -0.05) is 62.8 Å². The van der Waals surface area contributed by atoms with Crippen LogP contribution in [-0.2, 0) is 0 Å². The molecule has 0 aliphatic rings. The van der Waals surface area contributed by atoms with Gasteiger partial charge in [-0.3, -0.25) is 0 Å². The molecule has 0 aromatic heterocycles. The van der Waals surface area contributed by atoms with Gasteiger partial charge in [-0.05, 0) is 84.8 Å². The number of halogens is 4. The number of hydrogen-bond acceptors (Lipinski definition) is 3. The van der Waals surface area contributed by atoms with Crippen LogP contribution in [0.25, 0.3) is 22.3 Å². The molecule has 4 rings (SSSR count). The van der Waals surface area contributed by atoms with E-state index in [1.165, 1.54) is 36.4 Å². The average molecular weight is 609 g/mol. The number of hydrogen-bond donors (Lipinski definition) is 1. The molecule has 0 fully saturated rings. The Morgan fingerprint density at radius 1 is 0.500 bits per heavy atom. The highest BCUT2D eigenvalue weighted by Crippen LogP contribution is 2.28. The molecule has 234 valence electrons. The number of rotatable bonds is 18. The summed E-state index contributed by atoms with van der Waals surface area (Å²) in [6, 6.07) is 20.9. The van der Waals surface area contributed by atoms with Crippen molar-refractivity contribution in [3.8, 4) is 33.8 Å². The number of ether oxygens (including phenoxy) is 2. The SMILES string of the molecule is OCCC(CCCCCOc1ccc(-c2ccc(F)cc2)c(F)c1)CCCCCOc1ccc(-c2ccc(F)cc2)c(F)c1. The Kier molecular flexibility index (Phi) is 13.1. The van der Waals surface area contributed by atoms with E-state index >= 15 is 0 Å². The second-order valence-corrected chi connectivity index (χ2v) is 11.1. The molecule has 0 aliphatic heterocycles. The van der Waals surface area contributed by atoms with E-state index < -0.39 is 11.6 Å². The second-order valence-electron chi connectivity index (χ2n) is 11.1. The molecule has 0 atom stereocenters. The molecule has 4 aromatic carbocycles. The van der Waals surface area contributed by atoms with Crippen LogP contribution in [0, 0.1) is 29.2 Å². The first kappa shape index (κ1) is 33.1. The molecule has 1 N–H and O–H groups in total. The lowest BCUT2D eigenvalue weighted by Gasteiger charge is -2.16. The fourth-order valence-corrected chi connectivity index (χ4v) is 5.32. The van der Waals surface area contributed by atoms with Crippen LogP contribution in [0.5, 0.6) is 11.5 Å². The quantitative estimate of drug-likeness (QED) is 0.0902. The maximum atomic E-state index is 14.5. The third-order valence-corrected chi connectivity index (χ3v) is 7.78. The maximum Gasteiger partial charge on any atom is 0.134 e. The van der Waals surface area contributed by atoms with Crippen LogP contribution in [-0.4, -0.2) is 24.9 Å². The van der Waals surface area contributed by atoms with E-state index in [-0.39, 0.29) is 18.2 Å². The van der Waals surface area contributed by atoms with Crippen LogP contribution in [0.2, 0.25) is 0 Å². The molecule has 0 aliphatic carbocycles. The van der Waals surface area contributed by atoms with Crippen LogP contribution in [0.4, 0.5) is 17.6 Å². The zero-order valence-electron chi connectivity index (χ0n) is 24.9. The van der Waals surface area contributed by atoms with Crippen LogP contribution < -0.4 is 9.47 Å². The summed E-state index contributed by atoms with van der Waals surface area (Å²) in [4.78, 5) is 0. The van der Waals surface area contributed by atoms with Crippen molar-refractivity contribution in [1.29, 1.82) is 0 Å². The van der Waals surface area contributed by atoms with Gasteiger partial charge in [0.15, 0.2) is 0 Å². The average Bonchev–Trinajstić information content (AvgIpc) is 3.02. The molecule has 7 heteroatoms. The van der Waals surface area contributed by atoms with Crippen molar-refractivity contribution in [3.63, 3.8) is 0 Å². The Hall–Kier alpha value is -3.84. The summed E-state index contributed by atoms with van der Waals surface area (Å²) >= 11 is 0. The molecule has 0 unspecified atom stereocenters. The number of unbranched alkanes of at least 4 members (excludes halogenated alkanes) is 4. The van der Waals surface area contributed by atoms with Gasteiger partial charge in [0.2, 0.25) is 0 Å². The molecular weight excluding hydrogens is 568 g/mol. The van der Waals surface area contributed by atoms with Crippen LogP contribution in [0.3, 0.4) is 0 Å². The first-order valence-electron chi connectivity index (χ1n) is 15.4. The molecule has 0 saturated carbocycles. The monoisotopic (exact) mass is 608 g/mol. The topological polar surface area (TPSA) is 38.7 Å². The molecule has 0 amide bonds. The Balaban J connectivity index is 1.07. The first-order chi connectivity index (χ1) is 21.4. The standard InChI is InChI=1S/C37H40F4O3/c38-30-13-9-28(10-14-30)34-19-17-32(25-36(34)40)43-23-5-1-3-7-27(21-22-42)8-4-2-6-24-44-33-18-20-35(37(41)26-33)29-11-15-31(39)16-12-29/h9-20,25-27,42H,1-8,21-24H2. The van der Waals surface area contributed by atoms with Gasteiger partial charge in [-0.15, -0.1) is 0 Å². The Labute approximate surface area is 257 Å². The highest BCUT2D eigenvalue weighted by Gasteiger charge is 2.11. The predicted molar refractivity (Wildman–Crippen MR) is 167 cm³/mol. The van der Waals surface area contributed by atoms with Crippen molar-refractivity contribution in [2.75, 3.05) is 19.8 Å². The van der Waals surface area contributed by atoms with Gasteiger partial charge in [0.1, 0.15) is 34.8 Å². The first-order valence-corrected chi connectivity index (χ1v) is 15.4. The Morgan fingerprint density at radius 3 is 1.32 bits per heavy atom. The van der Waals surface area contributed by atoms with Crippen molar-refractivity contribution in [3.05, 3.63) is 108 Å². The fourth-order valence-electron chi connectivity index (χ4n) is 5.32. The third kappa shape index (κ3) is 10.4. The van der Waals surface area contributed by atoms with Crippen molar-refractivity contribution in [2.45, 2.75) is 57.8 Å². The summed E-state index contributed by atoms with van der Waals surface area (Å²) < 4.78 is 66.8. The van der Waals surface area contributed by atoms with Gasteiger partial charge >= 0.3 is 0 Å². The maximum absolute atomic E-state index is 14.5. The summed E-state index contributed by atoms with van der Waals surface area (Å²) in [6.45, 7) is 1.17. The lowest BCUT2D eigenvalue weighted by Crippen LogP contribution is -2.05. The van der Waals surface area contributed by atoms with Crippen molar-refractivity contribution in [2.24, 2.45) is 5.92 Å². The van der Waals surface area contributed by atoms with E-state index in [0.717, 1.165) is 57.8 Å². The molecule has 3 nitrogen and oxygen atoms in total. The van der Waals surface area contributed by atoms with E-state index in [4.69, 9.17) is 9.47 Å². The summed E-state index contributed by atoms with van der Waals surface area (Å²) in [5.74, 6) is -0.116. The van der Waals surface area contributed by atoms with Crippen molar-refractivity contribution < 1.29 is 32.1 Å². The Bertz CT molecular complexity index is 1320. The highest BCUT2D eigenvalue weighted by molar-refractivity contribution is 5.65. The van der Waals surface area contributed by atoms with Gasteiger partial charge in [-0.2, -0.15) is 0 Å². The van der Waals surface area contributed by atoms with Crippen LogP contribution >= 0.6 is 0 Å². The van der Waals surface area contributed by atoms with Crippen molar-refractivity contribution >= 4 is 0 Å². The van der Waals surface area contributed by atoms with Gasteiger partial charge in [-0.25, -0.2) is 17.6 Å². The van der Waals surface area contributed by atoms with E-state index in [1.54, 1.807) is 48.5 Å². The number of benzene rings is 4.